The summed E-state index contributed by atoms with van der Waals surface area (Å²) in [5.74, 6) is 0.808. The van der Waals surface area contributed by atoms with Crippen molar-refractivity contribution in [1.29, 1.82) is 0 Å². The van der Waals surface area contributed by atoms with Crippen molar-refractivity contribution < 1.29 is 4.79 Å². The maximum atomic E-state index is 11.3. The van der Waals surface area contributed by atoms with Gasteiger partial charge >= 0.3 is 0 Å². The molecule has 0 aromatic carbocycles. The molecule has 1 aliphatic carbocycles. The highest BCUT2D eigenvalue weighted by Crippen LogP contribution is 2.23. The Balaban J connectivity index is 2.26. The average Bonchev–Trinajstić information content (AvgIpc) is 2.08. The van der Waals surface area contributed by atoms with Crippen molar-refractivity contribution in [3.8, 4) is 0 Å². The summed E-state index contributed by atoms with van der Waals surface area (Å²) in [6.07, 6.45) is 4.67. The third-order valence-electron chi connectivity index (χ3n) is 2.78. The van der Waals surface area contributed by atoms with Crippen molar-refractivity contribution >= 4 is 5.91 Å². The Bertz CT molecular complexity index is 172. The molecule has 1 rings (SSSR count). The summed E-state index contributed by atoms with van der Waals surface area (Å²) >= 11 is 0. The van der Waals surface area contributed by atoms with Crippen molar-refractivity contribution in [3.63, 3.8) is 0 Å². The largest absolute Gasteiger partial charge is 0.352 e. The van der Waals surface area contributed by atoms with Crippen LogP contribution in [0.1, 0.15) is 39.5 Å². The van der Waals surface area contributed by atoms with Gasteiger partial charge < -0.3 is 11.1 Å². The molecule has 76 valence electrons. The van der Waals surface area contributed by atoms with Crippen LogP contribution in [0.3, 0.4) is 0 Å². The van der Waals surface area contributed by atoms with Crippen molar-refractivity contribution in [2.45, 2.75) is 51.6 Å². The number of nitrogens with two attached hydrogens (primary N) is 1. The van der Waals surface area contributed by atoms with Crippen LogP contribution in [0.25, 0.3) is 0 Å². The topological polar surface area (TPSA) is 55.1 Å². The third kappa shape index (κ3) is 3.35. The number of hydrogen-bond donors (Lipinski definition) is 2. The molecule has 0 aliphatic heterocycles. The number of carbonyl (C=O) groups excluding carboxylic acids is 1. The highest BCUT2D eigenvalue weighted by Gasteiger charge is 2.20. The Morgan fingerprint density at radius 2 is 1.92 bits per heavy atom. The van der Waals surface area contributed by atoms with Gasteiger partial charge in [-0.05, 0) is 38.5 Å². The van der Waals surface area contributed by atoms with E-state index in [1.54, 1.807) is 6.92 Å². The molecule has 3 N–H and O–H groups in total. The molecule has 0 aromatic heterocycles. The quantitative estimate of drug-likeness (QED) is 0.673. The predicted molar refractivity (Wildman–Crippen MR) is 53.2 cm³/mol. The SMILES string of the molecule is CC1CCC(NC(=O)C(C)N)CC1. The highest BCUT2D eigenvalue weighted by molar-refractivity contribution is 5.81. The normalized spacial score (nSPS) is 31.0. The first kappa shape index (κ1) is 10.5. The van der Waals surface area contributed by atoms with Gasteiger partial charge in [-0.3, -0.25) is 4.79 Å². The fourth-order valence-corrected chi connectivity index (χ4v) is 1.74. The molecule has 3 nitrogen and oxygen atoms in total. The van der Waals surface area contributed by atoms with E-state index in [1.807, 2.05) is 0 Å². The van der Waals surface area contributed by atoms with Gasteiger partial charge in [0.05, 0.1) is 6.04 Å². The fraction of sp³-hybridized carbons (Fsp3) is 0.900. The van der Waals surface area contributed by atoms with Crippen LogP contribution in [-0.2, 0) is 4.79 Å². The van der Waals surface area contributed by atoms with E-state index in [4.69, 9.17) is 5.73 Å². The molecule has 0 radical (unpaired) electrons. The summed E-state index contributed by atoms with van der Waals surface area (Å²) in [6.45, 7) is 3.99. The van der Waals surface area contributed by atoms with E-state index in [0.717, 1.165) is 18.8 Å². The van der Waals surface area contributed by atoms with Gasteiger partial charge in [-0.15, -0.1) is 0 Å². The lowest BCUT2D eigenvalue weighted by Crippen LogP contribution is -2.45. The lowest BCUT2D eigenvalue weighted by atomic mass is 9.87. The fourth-order valence-electron chi connectivity index (χ4n) is 1.74. The zero-order valence-corrected chi connectivity index (χ0v) is 8.55. The zero-order chi connectivity index (χ0) is 9.84. The number of carbonyl (C=O) groups is 1. The molecule has 0 bridgehead atoms. The van der Waals surface area contributed by atoms with Crippen LogP contribution in [0.2, 0.25) is 0 Å². The van der Waals surface area contributed by atoms with Crippen LogP contribution in [0.5, 0.6) is 0 Å². The molecule has 0 spiro atoms. The lowest BCUT2D eigenvalue weighted by molar-refractivity contribution is -0.122. The molecule has 1 unspecified atom stereocenters. The van der Waals surface area contributed by atoms with Crippen molar-refractivity contribution in [3.05, 3.63) is 0 Å². The van der Waals surface area contributed by atoms with E-state index in [2.05, 4.69) is 12.2 Å². The molecule has 0 aromatic rings. The first-order valence-electron chi connectivity index (χ1n) is 5.15. The number of hydrogen-bond acceptors (Lipinski definition) is 2. The summed E-state index contributed by atoms with van der Waals surface area (Å²) in [5.41, 5.74) is 5.47. The minimum Gasteiger partial charge on any atom is -0.352 e. The Labute approximate surface area is 80.1 Å². The molecule has 13 heavy (non-hydrogen) atoms. The minimum atomic E-state index is -0.376. The smallest absolute Gasteiger partial charge is 0.236 e. The van der Waals surface area contributed by atoms with Gasteiger partial charge in [0.25, 0.3) is 0 Å². The van der Waals surface area contributed by atoms with Crippen LogP contribution in [0.4, 0.5) is 0 Å². The Hall–Kier alpha value is -0.570. The van der Waals surface area contributed by atoms with Gasteiger partial charge in [-0.1, -0.05) is 6.92 Å². The Morgan fingerprint density at radius 1 is 1.38 bits per heavy atom. The Morgan fingerprint density at radius 3 is 2.38 bits per heavy atom. The number of nitrogens with one attached hydrogen (secondary N) is 1. The van der Waals surface area contributed by atoms with Gasteiger partial charge in [0.15, 0.2) is 0 Å². The first-order valence-corrected chi connectivity index (χ1v) is 5.15. The monoisotopic (exact) mass is 184 g/mol. The van der Waals surface area contributed by atoms with Crippen LogP contribution in [-0.4, -0.2) is 18.0 Å². The van der Waals surface area contributed by atoms with Crippen LogP contribution in [0, 0.1) is 5.92 Å². The van der Waals surface area contributed by atoms with Gasteiger partial charge in [0.2, 0.25) is 5.91 Å². The first-order chi connectivity index (χ1) is 6.09. The molecule has 1 atom stereocenters. The van der Waals surface area contributed by atoms with Crippen LogP contribution >= 0.6 is 0 Å². The molecule has 1 amide bonds. The molecule has 0 heterocycles. The molecular formula is C10H20N2O. The van der Waals surface area contributed by atoms with E-state index < -0.39 is 0 Å². The second kappa shape index (κ2) is 4.61. The summed E-state index contributed by atoms with van der Waals surface area (Å²) in [7, 11) is 0. The second-order valence-corrected chi connectivity index (χ2v) is 4.25. The zero-order valence-electron chi connectivity index (χ0n) is 8.55. The van der Waals surface area contributed by atoms with E-state index >= 15 is 0 Å². The van der Waals surface area contributed by atoms with Gasteiger partial charge in [-0.2, -0.15) is 0 Å². The second-order valence-electron chi connectivity index (χ2n) is 4.25. The average molecular weight is 184 g/mol. The maximum Gasteiger partial charge on any atom is 0.236 e. The van der Waals surface area contributed by atoms with Crippen molar-refractivity contribution in [1.82, 2.24) is 5.32 Å². The third-order valence-corrected chi connectivity index (χ3v) is 2.78. The maximum absolute atomic E-state index is 11.3. The van der Waals surface area contributed by atoms with Gasteiger partial charge in [0, 0.05) is 6.04 Å². The van der Waals surface area contributed by atoms with Gasteiger partial charge in [0.1, 0.15) is 0 Å². The Kier molecular flexibility index (Phi) is 3.72. The van der Waals surface area contributed by atoms with Crippen molar-refractivity contribution in [2.75, 3.05) is 0 Å². The predicted octanol–water partition coefficient (Wildman–Crippen LogP) is 1.03. The number of amides is 1. The number of rotatable bonds is 2. The highest BCUT2D eigenvalue weighted by atomic mass is 16.2. The molecule has 1 aliphatic rings. The van der Waals surface area contributed by atoms with Crippen LogP contribution < -0.4 is 11.1 Å². The summed E-state index contributed by atoms with van der Waals surface area (Å²) in [6, 6.07) is -0.00551. The lowest BCUT2D eigenvalue weighted by Gasteiger charge is -2.27. The molecule has 3 heteroatoms. The molecular weight excluding hydrogens is 164 g/mol. The summed E-state index contributed by atoms with van der Waals surface area (Å²) < 4.78 is 0. The minimum absolute atomic E-state index is 0.0143. The van der Waals surface area contributed by atoms with E-state index in [9.17, 15) is 4.79 Å². The van der Waals surface area contributed by atoms with E-state index in [1.165, 1.54) is 12.8 Å². The van der Waals surface area contributed by atoms with Crippen LogP contribution in [0.15, 0.2) is 0 Å². The van der Waals surface area contributed by atoms with E-state index in [0.29, 0.717) is 6.04 Å². The van der Waals surface area contributed by atoms with Crippen molar-refractivity contribution in [2.24, 2.45) is 11.7 Å². The summed E-state index contributed by atoms with van der Waals surface area (Å²) in [5, 5.41) is 2.97. The van der Waals surface area contributed by atoms with E-state index in [-0.39, 0.29) is 11.9 Å². The molecule has 1 saturated carbocycles. The molecule has 1 fully saturated rings. The standard InChI is InChI=1S/C10H20N2O/c1-7-3-5-9(6-4-7)12-10(13)8(2)11/h7-9H,3-6,11H2,1-2H3,(H,12,13). The van der Waals surface area contributed by atoms with Gasteiger partial charge in [-0.25, -0.2) is 0 Å². The summed E-state index contributed by atoms with van der Waals surface area (Å²) in [4.78, 5) is 11.3. The molecule has 0 saturated heterocycles.